The Morgan fingerprint density at radius 3 is 2.80 bits per heavy atom. The molecule has 1 unspecified atom stereocenters. The Balaban J connectivity index is 1.86. The molecule has 1 heterocycles. The van der Waals surface area contributed by atoms with Crippen LogP contribution in [0.3, 0.4) is 0 Å². The Morgan fingerprint density at radius 2 is 2.10 bits per heavy atom. The first-order chi connectivity index (χ1) is 9.65. The molecular weight excluding hydrogens is 284 g/mol. The number of nitrogens with one attached hydrogen (secondary N) is 1. The zero-order valence-corrected chi connectivity index (χ0v) is 11.4. The summed E-state index contributed by atoms with van der Waals surface area (Å²) < 4.78 is 28.5. The SMILES string of the molecule is OC(CNCc1cccs1)c1cccc(OC(F)F)c1. The van der Waals surface area contributed by atoms with Crippen molar-refractivity contribution >= 4 is 11.3 Å². The fraction of sp³-hybridized carbons (Fsp3) is 0.286. The van der Waals surface area contributed by atoms with Gasteiger partial charge in [0, 0.05) is 18.0 Å². The standard InChI is InChI=1S/C14H15F2NO2S/c15-14(16)19-11-4-1-3-10(7-11)13(18)9-17-8-12-5-2-6-20-12/h1-7,13-14,17-18H,8-9H2. The number of hydrogen-bond acceptors (Lipinski definition) is 4. The van der Waals surface area contributed by atoms with Crippen molar-refractivity contribution in [3.05, 3.63) is 52.2 Å². The minimum atomic E-state index is -2.86. The van der Waals surface area contributed by atoms with Gasteiger partial charge in [-0.2, -0.15) is 8.78 Å². The highest BCUT2D eigenvalue weighted by Crippen LogP contribution is 2.20. The van der Waals surface area contributed by atoms with Crippen molar-refractivity contribution < 1.29 is 18.6 Å². The fourth-order valence-electron chi connectivity index (χ4n) is 1.76. The van der Waals surface area contributed by atoms with E-state index in [9.17, 15) is 13.9 Å². The first kappa shape index (κ1) is 14.9. The van der Waals surface area contributed by atoms with Crippen LogP contribution in [0.5, 0.6) is 5.75 Å². The summed E-state index contributed by atoms with van der Waals surface area (Å²) in [6, 6.07) is 10.1. The zero-order valence-electron chi connectivity index (χ0n) is 10.6. The highest BCUT2D eigenvalue weighted by Gasteiger charge is 2.10. The van der Waals surface area contributed by atoms with Crippen LogP contribution >= 0.6 is 11.3 Å². The largest absolute Gasteiger partial charge is 0.435 e. The second-order valence-corrected chi connectivity index (χ2v) is 5.21. The summed E-state index contributed by atoms with van der Waals surface area (Å²) in [6.07, 6.45) is -0.767. The zero-order chi connectivity index (χ0) is 14.4. The van der Waals surface area contributed by atoms with Gasteiger partial charge in [0.05, 0.1) is 6.10 Å². The van der Waals surface area contributed by atoms with Gasteiger partial charge >= 0.3 is 6.61 Å². The van der Waals surface area contributed by atoms with Gasteiger partial charge in [-0.15, -0.1) is 11.3 Å². The van der Waals surface area contributed by atoms with Crippen molar-refractivity contribution in [2.45, 2.75) is 19.3 Å². The van der Waals surface area contributed by atoms with E-state index < -0.39 is 12.7 Å². The van der Waals surface area contributed by atoms with E-state index in [1.807, 2.05) is 17.5 Å². The lowest BCUT2D eigenvalue weighted by atomic mass is 10.1. The lowest BCUT2D eigenvalue weighted by molar-refractivity contribution is -0.0499. The molecule has 0 aliphatic heterocycles. The van der Waals surface area contributed by atoms with E-state index in [-0.39, 0.29) is 5.75 Å². The van der Waals surface area contributed by atoms with E-state index in [4.69, 9.17) is 0 Å². The molecule has 1 atom stereocenters. The van der Waals surface area contributed by atoms with Gasteiger partial charge in [0.25, 0.3) is 0 Å². The van der Waals surface area contributed by atoms with Crippen LogP contribution in [0.2, 0.25) is 0 Å². The first-order valence-electron chi connectivity index (χ1n) is 6.11. The molecule has 108 valence electrons. The smallest absolute Gasteiger partial charge is 0.387 e. The van der Waals surface area contributed by atoms with Gasteiger partial charge in [-0.1, -0.05) is 18.2 Å². The molecule has 0 bridgehead atoms. The molecule has 2 aromatic rings. The van der Waals surface area contributed by atoms with Gasteiger partial charge in [0.15, 0.2) is 0 Å². The van der Waals surface area contributed by atoms with Crippen molar-refractivity contribution in [3.63, 3.8) is 0 Å². The number of rotatable bonds is 7. The second kappa shape index (κ2) is 7.33. The molecule has 2 rings (SSSR count). The molecule has 0 saturated carbocycles. The number of thiophene rings is 1. The Kier molecular flexibility index (Phi) is 5.46. The van der Waals surface area contributed by atoms with E-state index >= 15 is 0 Å². The summed E-state index contributed by atoms with van der Waals surface area (Å²) in [7, 11) is 0. The monoisotopic (exact) mass is 299 g/mol. The van der Waals surface area contributed by atoms with Gasteiger partial charge in [0.1, 0.15) is 5.75 Å². The third kappa shape index (κ3) is 4.56. The maximum atomic E-state index is 12.1. The highest BCUT2D eigenvalue weighted by molar-refractivity contribution is 7.09. The molecule has 0 amide bonds. The van der Waals surface area contributed by atoms with Crippen LogP contribution in [0, 0.1) is 0 Å². The molecule has 20 heavy (non-hydrogen) atoms. The lowest BCUT2D eigenvalue weighted by Crippen LogP contribution is -2.20. The normalized spacial score (nSPS) is 12.6. The molecule has 6 heteroatoms. The van der Waals surface area contributed by atoms with Crippen molar-refractivity contribution in [2.75, 3.05) is 6.54 Å². The van der Waals surface area contributed by atoms with Gasteiger partial charge in [-0.05, 0) is 29.1 Å². The van der Waals surface area contributed by atoms with E-state index in [2.05, 4.69) is 10.1 Å². The van der Waals surface area contributed by atoms with Crippen LogP contribution in [0.25, 0.3) is 0 Å². The summed E-state index contributed by atoms with van der Waals surface area (Å²) >= 11 is 1.63. The number of ether oxygens (including phenoxy) is 1. The molecule has 0 radical (unpaired) electrons. The average molecular weight is 299 g/mol. The quantitative estimate of drug-likeness (QED) is 0.825. The lowest BCUT2D eigenvalue weighted by Gasteiger charge is -2.13. The van der Waals surface area contributed by atoms with Crippen LogP contribution in [-0.2, 0) is 6.54 Å². The first-order valence-corrected chi connectivity index (χ1v) is 6.99. The maximum Gasteiger partial charge on any atom is 0.387 e. The molecule has 0 fully saturated rings. The van der Waals surface area contributed by atoms with Crippen molar-refractivity contribution in [3.8, 4) is 5.75 Å². The van der Waals surface area contributed by atoms with Crippen LogP contribution < -0.4 is 10.1 Å². The molecule has 0 aliphatic rings. The third-order valence-electron chi connectivity index (χ3n) is 2.69. The molecule has 3 nitrogen and oxygen atoms in total. The summed E-state index contributed by atoms with van der Waals surface area (Å²) in [6.45, 7) is -1.85. The second-order valence-electron chi connectivity index (χ2n) is 4.18. The van der Waals surface area contributed by atoms with Gasteiger partial charge in [-0.25, -0.2) is 0 Å². The molecule has 0 spiro atoms. The third-order valence-corrected chi connectivity index (χ3v) is 3.56. The van der Waals surface area contributed by atoms with Gasteiger partial charge < -0.3 is 15.2 Å². The van der Waals surface area contributed by atoms with Crippen molar-refractivity contribution in [2.24, 2.45) is 0 Å². The summed E-state index contributed by atoms with van der Waals surface area (Å²) in [4.78, 5) is 1.17. The number of alkyl halides is 2. The van der Waals surface area contributed by atoms with E-state index in [0.29, 0.717) is 18.7 Å². The predicted molar refractivity (Wildman–Crippen MR) is 74.1 cm³/mol. The number of benzene rings is 1. The average Bonchev–Trinajstić information content (AvgIpc) is 2.91. The number of hydrogen-bond donors (Lipinski definition) is 2. The van der Waals surface area contributed by atoms with E-state index in [1.165, 1.54) is 17.0 Å². The molecule has 1 aromatic heterocycles. The van der Waals surface area contributed by atoms with E-state index in [0.717, 1.165) is 0 Å². The van der Waals surface area contributed by atoms with Crippen molar-refractivity contribution in [1.29, 1.82) is 0 Å². The van der Waals surface area contributed by atoms with E-state index in [1.54, 1.807) is 23.5 Å². The molecule has 0 aliphatic carbocycles. The van der Waals surface area contributed by atoms with Crippen molar-refractivity contribution in [1.82, 2.24) is 5.32 Å². The van der Waals surface area contributed by atoms with Crippen LogP contribution in [0.4, 0.5) is 8.78 Å². The number of halogens is 2. The molecular formula is C14H15F2NO2S. The van der Waals surface area contributed by atoms with Crippen LogP contribution in [-0.4, -0.2) is 18.3 Å². The summed E-state index contributed by atoms with van der Waals surface area (Å²) in [5.41, 5.74) is 0.543. The molecule has 0 saturated heterocycles. The number of aliphatic hydroxyl groups is 1. The Morgan fingerprint density at radius 1 is 1.25 bits per heavy atom. The fourth-order valence-corrected chi connectivity index (χ4v) is 2.44. The Hall–Kier alpha value is -1.50. The summed E-state index contributed by atoms with van der Waals surface area (Å²) in [5.74, 6) is 0.0507. The number of aliphatic hydroxyl groups excluding tert-OH is 1. The Labute approximate surface area is 119 Å². The summed E-state index contributed by atoms with van der Waals surface area (Å²) in [5, 5.41) is 15.1. The topological polar surface area (TPSA) is 41.5 Å². The predicted octanol–water partition coefficient (Wildman–Crippen LogP) is 3.17. The molecule has 2 N–H and O–H groups in total. The molecule has 1 aromatic carbocycles. The Bertz CT molecular complexity index is 520. The van der Waals surface area contributed by atoms with Gasteiger partial charge in [0.2, 0.25) is 0 Å². The minimum absolute atomic E-state index is 0.0507. The highest BCUT2D eigenvalue weighted by atomic mass is 32.1. The van der Waals surface area contributed by atoms with Crippen LogP contribution in [0.15, 0.2) is 41.8 Å². The minimum Gasteiger partial charge on any atom is -0.435 e. The van der Waals surface area contributed by atoms with Gasteiger partial charge in [-0.3, -0.25) is 0 Å². The maximum absolute atomic E-state index is 12.1. The van der Waals surface area contributed by atoms with Crippen LogP contribution in [0.1, 0.15) is 16.5 Å².